The van der Waals surface area contributed by atoms with Crippen molar-refractivity contribution in [1.82, 2.24) is 10.6 Å². The van der Waals surface area contributed by atoms with Gasteiger partial charge in [0.25, 0.3) is 0 Å². The standard InChI is InChI=1S/C13H20N2O3/c1-10(16)15-8-7-14-9-13(17)11-3-5-12(18-2)6-4-11/h3-6,13-14,17H,7-9H2,1-2H3,(H,15,16). The molecule has 1 aromatic carbocycles. The molecule has 0 spiro atoms. The second-order valence-corrected chi connectivity index (χ2v) is 3.98. The number of aliphatic hydroxyl groups excluding tert-OH is 1. The molecule has 0 saturated heterocycles. The molecule has 0 bridgehead atoms. The normalized spacial score (nSPS) is 11.9. The largest absolute Gasteiger partial charge is 0.497 e. The highest BCUT2D eigenvalue weighted by molar-refractivity contribution is 5.72. The minimum atomic E-state index is -0.562. The molecule has 100 valence electrons. The number of benzene rings is 1. The van der Waals surface area contributed by atoms with E-state index in [4.69, 9.17) is 4.74 Å². The van der Waals surface area contributed by atoms with Crippen LogP contribution in [-0.2, 0) is 4.79 Å². The smallest absolute Gasteiger partial charge is 0.216 e. The fourth-order valence-electron chi connectivity index (χ4n) is 1.51. The third-order valence-corrected chi connectivity index (χ3v) is 2.51. The molecule has 0 aliphatic rings. The van der Waals surface area contributed by atoms with Crippen LogP contribution in [0.1, 0.15) is 18.6 Å². The number of nitrogens with one attached hydrogen (secondary N) is 2. The number of hydrogen-bond acceptors (Lipinski definition) is 4. The van der Waals surface area contributed by atoms with Crippen LogP contribution in [0.3, 0.4) is 0 Å². The van der Waals surface area contributed by atoms with Gasteiger partial charge in [-0.25, -0.2) is 0 Å². The summed E-state index contributed by atoms with van der Waals surface area (Å²) in [4.78, 5) is 10.6. The third kappa shape index (κ3) is 5.16. The van der Waals surface area contributed by atoms with Crippen molar-refractivity contribution in [2.24, 2.45) is 0 Å². The lowest BCUT2D eigenvalue weighted by Crippen LogP contribution is -2.32. The summed E-state index contributed by atoms with van der Waals surface area (Å²) in [6.45, 7) is 3.12. The van der Waals surface area contributed by atoms with E-state index in [9.17, 15) is 9.90 Å². The molecule has 0 heterocycles. The molecule has 1 amide bonds. The van der Waals surface area contributed by atoms with Gasteiger partial charge >= 0.3 is 0 Å². The van der Waals surface area contributed by atoms with Gasteiger partial charge in [0, 0.05) is 26.6 Å². The van der Waals surface area contributed by atoms with Crippen LogP contribution in [0.2, 0.25) is 0 Å². The Morgan fingerprint density at radius 3 is 2.56 bits per heavy atom. The summed E-state index contributed by atoms with van der Waals surface area (Å²) >= 11 is 0. The first-order valence-corrected chi connectivity index (χ1v) is 5.90. The summed E-state index contributed by atoms with van der Waals surface area (Å²) in [5, 5.41) is 15.6. The van der Waals surface area contributed by atoms with Crippen molar-refractivity contribution in [3.8, 4) is 5.75 Å². The molecule has 0 aliphatic carbocycles. The molecule has 1 unspecified atom stereocenters. The predicted octanol–water partition coefficient (Wildman–Crippen LogP) is 0.454. The van der Waals surface area contributed by atoms with Crippen LogP contribution in [0.5, 0.6) is 5.75 Å². The number of ether oxygens (including phenoxy) is 1. The summed E-state index contributed by atoms with van der Waals surface area (Å²) in [5.74, 6) is 0.720. The number of carbonyl (C=O) groups is 1. The SMILES string of the molecule is COc1ccc(C(O)CNCCNC(C)=O)cc1. The molecule has 0 aromatic heterocycles. The Hall–Kier alpha value is -1.59. The van der Waals surface area contributed by atoms with Gasteiger partial charge in [-0.1, -0.05) is 12.1 Å². The quantitative estimate of drug-likeness (QED) is 0.616. The van der Waals surface area contributed by atoms with Crippen LogP contribution >= 0.6 is 0 Å². The number of rotatable bonds is 7. The second-order valence-electron chi connectivity index (χ2n) is 3.98. The van der Waals surface area contributed by atoms with E-state index in [0.717, 1.165) is 11.3 Å². The van der Waals surface area contributed by atoms with Gasteiger partial charge in [-0.2, -0.15) is 0 Å². The molecule has 0 radical (unpaired) electrons. The topological polar surface area (TPSA) is 70.6 Å². The van der Waals surface area contributed by atoms with Gasteiger partial charge in [0.05, 0.1) is 13.2 Å². The molecule has 0 aliphatic heterocycles. The summed E-state index contributed by atoms with van der Waals surface area (Å²) < 4.78 is 5.05. The third-order valence-electron chi connectivity index (χ3n) is 2.51. The van der Waals surface area contributed by atoms with Gasteiger partial charge in [0.2, 0.25) is 5.91 Å². The van der Waals surface area contributed by atoms with Crippen molar-refractivity contribution >= 4 is 5.91 Å². The van der Waals surface area contributed by atoms with Crippen molar-refractivity contribution in [2.75, 3.05) is 26.7 Å². The van der Waals surface area contributed by atoms with E-state index in [1.54, 1.807) is 7.11 Å². The lowest BCUT2D eigenvalue weighted by Gasteiger charge is -2.12. The van der Waals surface area contributed by atoms with Crippen LogP contribution in [0.15, 0.2) is 24.3 Å². The highest BCUT2D eigenvalue weighted by atomic mass is 16.5. The van der Waals surface area contributed by atoms with Crippen molar-refractivity contribution in [1.29, 1.82) is 0 Å². The van der Waals surface area contributed by atoms with Crippen molar-refractivity contribution in [3.05, 3.63) is 29.8 Å². The number of methoxy groups -OCH3 is 1. The Bertz CT molecular complexity index is 365. The van der Waals surface area contributed by atoms with E-state index in [2.05, 4.69) is 10.6 Å². The molecule has 5 heteroatoms. The van der Waals surface area contributed by atoms with Gasteiger partial charge in [-0.05, 0) is 17.7 Å². The fourth-order valence-corrected chi connectivity index (χ4v) is 1.51. The Balaban J connectivity index is 2.27. The molecular formula is C13H20N2O3. The maximum atomic E-state index is 10.6. The lowest BCUT2D eigenvalue weighted by molar-refractivity contribution is -0.118. The van der Waals surface area contributed by atoms with Crippen molar-refractivity contribution in [2.45, 2.75) is 13.0 Å². The number of carbonyl (C=O) groups excluding carboxylic acids is 1. The molecule has 5 nitrogen and oxygen atoms in total. The van der Waals surface area contributed by atoms with Crippen molar-refractivity contribution in [3.63, 3.8) is 0 Å². The Morgan fingerprint density at radius 2 is 2.00 bits per heavy atom. The lowest BCUT2D eigenvalue weighted by atomic mass is 10.1. The number of aliphatic hydroxyl groups is 1. The predicted molar refractivity (Wildman–Crippen MR) is 69.5 cm³/mol. The Morgan fingerprint density at radius 1 is 1.33 bits per heavy atom. The van der Waals surface area contributed by atoms with E-state index in [1.165, 1.54) is 6.92 Å². The molecular weight excluding hydrogens is 232 g/mol. The van der Waals surface area contributed by atoms with Gasteiger partial charge in [0.1, 0.15) is 5.75 Å². The first-order valence-electron chi connectivity index (χ1n) is 5.90. The van der Waals surface area contributed by atoms with E-state index < -0.39 is 6.10 Å². The van der Waals surface area contributed by atoms with Crippen LogP contribution < -0.4 is 15.4 Å². The maximum Gasteiger partial charge on any atom is 0.216 e. The molecule has 0 saturated carbocycles. The average molecular weight is 252 g/mol. The van der Waals surface area contributed by atoms with Gasteiger partial charge in [-0.3, -0.25) is 4.79 Å². The van der Waals surface area contributed by atoms with Crippen molar-refractivity contribution < 1.29 is 14.6 Å². The van der Waals surface area contributed by atoms with Gasteiger partial charge in [0.15, 0.2) is 0 Å². The fraction of sp³-hybridized carbons (Fsp3) is 0.462. The number of hydrogen-bond donors (Lipinski definition) is 3. The zero-order chi connectivity index (χ0) is 13.4. The first-order chi connectivity index (χ1) is 8.63. The summed E-state index contributed by atoms with van der Waals surface area (Å²) in [5.41, 5.74) is 0.836. The minimum absolute atomic E-state index is 0.0486. The Kier molecular flexibility index (Phi) is 6.18. The van der Waals surface area contributed by atoms with E-state index >= 15 is 0 Å². The van der Waals surface area contributed by atoms with Crippen LogP contribution in [-0.4, -0.2) is 37.8 Å². The molecule has 1 rings (SSSR count). The molecule has 18 heavy (non-hydrogen) atoms. The van der Waals surface area contributed by atoms with Crippen LogP contribution in [0.25, 0.3) is 0 Å². The molecule has 1 atom stereocenters. The Labute approximate surface area is 107 Å². The van der Waals surface area contributed by atoms with Gasteiger partial charge < -0.3 is 20.5 Å². The maximum absolute atomic E-state index is 10.6. The zero-order valence-corrected chi connectivity index (χ0v) is 10.8. The molecule has 0 fully saturated rings. The summed E-state index contributed by atoms with van der Waals surface area (Å²) in [7, 11) is 1.61. The van der Waals surface area contributed by atoms with Gasteiger partial charge in [-0.15, -0.1) is 0 Å². The van der Waals surface area contributed by atoms with E-state index in [1.807, 2.05) is 24.3 Å². The average Bonchev–Trinajstić information content (AvgIpc) is 2.38. The minimum Gasteiger partial charge on any atom is -0.497 e. The highest BCUT2D eigenvalue weighted by Gasteiger charge is 2.06. The summed E-state index contributed by atoms with van der Waals surface area (Å²) in [6, 6.07) is 7.30. The van der Waals surface area contributed by atoms with E-state index in [-0.39, 0.29) is 5.91 Å². The molecule has 3 N–H and O–H groups in total. The summed E-state index contributed by atoms with van der Waals surface area (Å²) in [6.07, 6.45) is -0.562. The highest BCUT2D eigenvalue weighted by Crippen LogP contribution is 2.16. The van der Waals surface area contributed by atoms with Crippen LogP contribution in [0.4, 0.5) is 0 Å². The monoisotopic (exact) mass is 252 g/mol. The van der Waals surface area contributed by atoms with E-state index in [0.29, 0.717) is 19.6 Å². The number of amides is 1. The molecule has 1 aromatic rings. The second kappa shape index (κ2) is 7.68. The first kappa shape index (κ1) is 14.5. The van der Waals surface area contributed by atoms with Crippen LogP contribution in [0, 0.1) is 0 Å². The zero-order valence-electron chi connectivity index (χ0n) is 10.8.